The zero-order valence-corrected chi connectivity index (χ0v) is 12.7. The molecule has 1 aromatic carbocycles. The molecule has 0 aliphatic heterocycles. The Bertz CT molecular complexity index is 548. The van der Waals surface area contributed by atoms with Crippen molar-refractivity contribution >= 4 is 5.82 Å². The molecule has 0 aliphatic carbocycles. The predicted molar refractivity (Wildman–Crippen MR) is 83.3 cm³/mol. The first-order chi connectivity index (χ1) is 10.2. The van der Waals surface area contributed by atoms with Gasteiger partial charge in [-0.3, -0.25) is 0 Å². The number of nitrogens with zero attached hydrogens (tertiary/aromatic N) is 2. The van der Waals surface area contributed by atoms with Crippen molar-refractivity contribution < 1.29 is 9.47 Å². The van der Waals surface area contributed by atoms with E-state index < -0.39 is 0 Å². The Morgan fingerprint density at radius 3 is 2.38 bits per heavy atom. The molecule has 0 saturated heterocycles. The number of hydrogen-bond donors (Lipinski definition) is 1. The lowest BCUT2D eigenvalue weighted by atomic mass is 10.3. The molecule has 0 aliphatic rings. The van der Waals surface area contributed by atoms with Gasteiger partial charge < -0.3 is 14.8 Å². The molecule has 2 rings (SSSR count). The van der Waals surface area contributed by atoms with E-state index in [1.54, 1.807) is 6.07 Å². The average molecular weight is 287 g/mol. The van der Waals surface area contributed by atoms with Crippen LogP contribution in [-0.2, 0) is 6.42 Å². The summed E-state index contributed by atoms with van der Waals surface area (Å²) in [6, 6.07) is 9.31. The van der Waals surface area contributed by atoms with Crippen LogP contribution in [0, 0.1) is 0 Å². The van der Waals surface area contributed by atoms with Crippen LogP contribution < -0.4 is 14.8 Å². The van der Waals surface area contributed by atoms with Gasteiger partial charge in [0.05, 0.1) is 6.61 Å². The van der Waals surface area contributed by atoms with Crippen LogP contribution in [0.1, 0.15) is 26.1 Å². The van der Waals surface area contributed by atoms with Crippen molar-refractivity contribution in [3.63, 3.8) is 0 Å². The van der Waals surface area contributed by atoms with Crippen LogP contribution in [0.3, 0.4) is 0 Å². The molecule has 112 valence electrons. The van der Waals surface area contributed by atoms with Crippen molar-refractivity contribution in [3.8, 4) is 17.4 Å². The molecule has 0 saturated carbocycles. The van der Waals surface area contributed by atoms with Gasteiger partial charge in [0.15, 0.2) is 0 Å². The molecule has 1 aromatic heterocycles. The van der Waals surface area contributed by atoms with Crippen molar-refractivity contribution in [3.05, 3.63) is 36.2 Å². The first-order valence-electron chi connectivity index (χ1n) is 7.21. The molecule has 0 amide bonds. The van der Waals surface area contributed by atoms with Gasteiger partial charge >= 0.3 is 0 Å². The van der Waals surface area contributed by atoms with E-state index in [2.05, 4.69) is 22.2 Å². The Balaban J connectivity index is 2.10. The monoisotopic (exact) mass is 287 g/mol. The average Bonchev–Trinajstić information content (AvgIpc) is 2.53. The minimum Gasteiger partial charge on any atom is -0.494 e. The van der Waals surface area contributed by atoms with Crippen LogP contribution in [0.2, 0.25) is 0 Å². The molecule has 21 heavy (non-hydrogen) atoms. The molecule has 0 unspecified atom stereocenters. The lowest BCUT2D eigenvalue weighted by Crippen LogP contribution is -2.01. The zero-order valence-electron chi connectivity index (χ0n) is 12.7. The number of hydrogen-bond acceptors (Lipinski definition) is 5. The summed E-state index contributed by atoms with van der Waals surface area (Å²) in [6.07, 6.45) is 1.75. The second-order valence-corrected chi connectivity index (χ2v) is 4.53. The number of ether oxygens (including phenoxy) is 2. The van der Waals surface area contributed by atoms with Crippen molar-refractivity contribution in [2.24, 2.45) is 0 Å². The fourth-order valence-electron chi connectivity index (χ4n) is 1.76. The SMILES string of the molecule is CCCOc1ccc(Oc2cc(NC)nc(CC)n2)cc1. The van der Waals surface area contributed by atoms with Crippen LogP contribution in [0.5, 0.6) is 17.4 Å². The van der Waals surface area contributed by atoms with Gasteiger partial charge in [0, 0.05) is 19.5 Å². The van der Waals surface area contributed by atoms with Gasteiger partial charge in [-0.25, -0.2) is 4.98 Å². The summed E-state index contributed by atoms with van der Waals surface area (Å²) in [7, 11) is 1.82. The highest BCUT2D eigenvalue weighted by atomic mass is 16.5. The molecule has 1 heterocycles. The summed E-state index contributed by atoms with van der Waals surface area (Å²) in [4.78, 5) is 8.70. The third-order valence-electron chi connectivity index (χ3n) is 2.84. The van der Waals surface area contributed by atoms with Gasteiger partial charge in [0.2, 0.25) is 5.88 Å². The van der Waals surface area contributed by atoms with Gasteiger partial charge in [-0.1, -0.05) is 13.8 Å². The zero-order chi connectivity index (χ0) is 15.1. The molecule has 0 bridgehead atoms. The molecule has 0 fully saturated rings. The minimum atomic E-state index is 0.536. The predicted octanol–water partition coefficient (Wildman–Crippen LogP) is 3.66. The van der Waals surface area contributed by atoms with E-state index in [-0.39, 0.29) is 0 Å². The van der Waals surface area contributed by atoms with Gasteiger partial charge in [-0.2, -0.15) is 4.98 Å². The molecule has 0 spiro atoms. The van der Waals surface area contributed by atoms with Gasteiger partial charge in [-0.05, 0) is 30.7 Å². The number of nitrogens with one attached hydrogen (secondary N) is 1. The number of benzene rings is 1. The number of rotatable bonds is 7. The quantitative estimate of drug-likeness (QED) is 0.842. The van der Waals surface area contributed by atoms with Crippen LogP contribution in [0.4, 0.5) is 5.82 Å². The third kappa shape index (κ3) is 4.34. The Hall–Kier alpha value is -2.30. The lowest BCUT2D eigenvalue weighted by Gasteiger charge is -2.09. The lowest BCUT2D eigenvalue weighted by molar-refractivity contribution is 0.317. The fourth-order valence-corrected chi connectivity index (χ4v) is 1.76. The number of aromatic nitrogens is 2. The first-order valence-corrected chi connectivity index (χ1v) is 7.21. The maximum absolute atomic E-state index is 5.78. The number of aryl methyl sites for hydroxylation is 1. The summed E-state index contributed by atoms with van der Waals surface area (Å²) in [5.41, 5.74) is 0. The van der Waals surface area contributed by atoms with Crippen molar-refractivity contribution in [2.45, 2.75) is 26.7 Å². The second-order valence-electron chi connectivity index (χ2n) is 4.53. The van der Waals surface area contributed by atoms with Crippen molar-refractivity contribution in [2.75, 3.05) is 19.0 Å². The molecule has 2 aromatic rings. The smallest absolute Gasteiger partial charge is 0.224 e. The summed E-state index contributed by atoms with van der Waals surface area (Å²) >= 11 is 0. The molecule has 0 atom stereocenters. The van der Waals surface area contributed by atoms with E-state index in [0.29, 0.717) is 5.88 Å². The van der Waals surface area contributed by atoms with E-state index in [1.165, 1.54) is 0 Å². The summed E-state index contributed by atoms with van der Waals surface area (Å²) < 4.78 is 11.3. The normalized spacial score (nSPS) is 10.2. The molecular weight excluding hydrogens is 266 g/mol. The Labute approximate surface area is 125 Å². The van der Waals surface area contributed by atoms with E-state index in [4.69, 9.17) is 9.47 Å². The van der Waals surface area contributed by atoms with Gasteiger partial charge in [0.1, 0.15) is 23.1 Å². The highest BCUT2D eigenvalue weighted by Crippen LogP contribution is 2.24. The standard InChI is InChI=1S/C16H21N3O2/c1-4-10-20-12-6-8-13(9-7-12)21-16-11-15(17-3)18-14(5-2)19-16/h6-9,11H,4-5,10H2,1-3H3,(H,17,18,19). The Kier molecular flexibility index (Phi) is 5.37. The largest absolute Gasteiger partial charge is 0.494 e. The molecular formula is C16H21N3O2. The van der Waals surface area contributed by atoms with E-state index in [1.807, 2.05) is 38.2 Å². The van der Waals surface area contributed by atoms with Crippen molar-refractivity contribution in [1.29, 1.82) is 0 Å². The topological polar surface area (TPSA) is 56.3 Å². The number of anilines is 1. The maximum Gasteiger partial charge on any atom is 0.224 e. The minimum absolute atomic E-state index is 0.536. The van der Waals surface area contributed by atoms with Gasteiger partial charge in [0.25, 0.3) is 0 Å². The van der Waals surface area contributed by atoms with Crippen LogP contribution in [-0.4, -0.2) is 23.6 Å². The third-order valence-corrected chi connectivity index (χ3v) is 2.84. The van der Waals surface area contributed by atoms with E-state index in [0.717, 1.165) is 42.6 Å². The highest BCUT2D eigenvalue weighted by Gasteiger charge is 2.05. The van der Waals surface area contributed by atoms with E-state index in [9.17, 15) is 0 Å². The molecule has 5 heteroatoms. The Morgan fingerprint density at radius 2 is 1.76 bits per heavy atom. The molecule has 5 nitrogen and oxygen atoms in total. The van der Waals surface area contributed by atoms with E-state index >= 15 is 0 Å². The maximum atomic E-state index is 5.78. The van der Waals surface area contributed by atoms with Gasteiger partial charge in [-0.15, -0.1) is 0 Å². The van der Waals surface area contributed by atoms with Crippen LogP contribution in [0.25, 0.3) is 0 Å². The Morgan fingerprint density at radius 1 is 1.05 bits per heavy atom. The summed E-state index contributed by atoms with van der Waals surface area (Å²) in [5, 5.41) is 3.01. The van der Waals surface area contributed by atoms with Crippen LogP contribution in [0.15, 0.2) is 30.3 Å². The summed E-state index contributed by atoms with van der Waals surface area (Å²) in [6.45, 7) is 4.81. The van der Waals surface area contributed by atoms with Crippen molar-refractivity contribution in [1.82, 2.24) is 9.97 Å². The highest BCUT2D eigenvalue weighted by molar-refractivity contribution is 5.40. The second kappa shape index (κ2) is 7.47. The fraction of sp³-hybridized carbons (Fsp3) is 0.375. The summed E-state index contributed by atoms with van der Waals surface area (Å²) in [5.74, 6) is 3.60. The molecule has 0 radical (unpaired) electrons. The van der Waals surface area contributed by atoms with Crippen LogP contribution >= 0.6 is 0 Å². The molecule has 1 N–H and O–H groups in total. The first kappa shape index (κ1) is 15.1.